The van der Waals surface area contributed by atoms with E-state index in [9.17, 15) is 4.79 Å². The van der Waals surface area contributed by atoms with E-state index >= 15 is 0 Å². The fourth-order valence-corrected chi connectivity index (χ4v) is 1.03. The van der Waals surface area contributed by atoms with Gasteiger partial charge < -0.3 is 10.1 Å². The summed E-state index contributed by atoms with van der Waals surface area (Å²) in [6, 6.07) is 0. The van der Waals surface area contributed by atoms with E-state index in [2.05, 4.69) is 5.32 Å². The molecule has 0 aliphatic carbocycles. The average molecular weight is 143 g/mol. The van der Waals surface area contributed by atoms with Crippen LogP contribution < -0.4 is 5.32 Å². The fraction of sp³-hybridized carbons (Fsp3) is 0.857. The molecule has 0 aromatic heterocycles. The molecule has 0 unspecified atom stereocenters. The van der Waals surface area contributed by atoms with Crippen molar-refractivity contribution in [3.05, 3.63) is 0 Å². The first-order valence-electron chi connectivity index (χ1n) is 3.61. The van der Waals surface area contributed by atoms with Crippen LogP contribution in [0.25, 0.3) is 0 Å². The van der Waals surface area contributed by atoms with Gasteiger partial charge in [-0.05, 0) is 6.42 Å². The van der Waals surface area contributed by atoms with Gasteiger partial charge in [0.2, 0.25) is 5.91 Å². The maximum Gasteiger partial charge on any atom is 0.216 e. The van der Waals surface area contributed by atoms with Gasteiger partial charge in [0.05, 0.1) is 6.61 Å². The summed E-state index contributed by atoms with van der Waals surface area (Å²) in [5.41, 5.74) is 0. The van der Waals surface area contributed by atoms with Gasteiger partial charge in [0.15, 0.2) is 0 Å². The summed E-state index contributed by atoms with van der Waals surface area (Å²) in [7, 11) is 0. The predicted octanol–water partition coefficient (Wildman–Crippen LogP) is 0.159. The Bertz CT molecular complexity index is 119. The van der Waals surface area contributed by atoms with E-state index in [4.69, 9.17) is 4.74 Å². The van der Waals surface area contributed by atoms with Crippen molar-refractivity contribution in [2.45, 2.75) is 13.3 Å². The second-order valence-corrected chi connectivity index (χ2v) is 2.67. The number of carbonyl (C=O) groups is 1. The van der Waals surface area contributed by atoms with Crippen molar-refractivity contribution in [2.75, 3.05) is 19.8 Å². The van der Waals surface area contributed by atoms with Gasteiger partial charge in [-0.2, -0.15) is 0 Å². The van der Waals surface area contributed by atoms with Crippen molar-refractivity contribution in [1.29, 1.82) is 0 Å². The molecular formula is C7H13NO2. The number of nitrogens with one attached hydrogen (secondary N) is 1. The lowest BCUT2D eigenvalue weighted by molar-refractivity contribution is -0.119. The number of amides is 1. The molecule has 0 radical (unpaired) electrons. The Morgan fingerprint density at radius 3 is 3.10 bits per heavy atom. The molecular weight excluding hydrogens is 130 g/mol. The SMILES string of the molecule is CC(=O)NC[C@H]1CCOC1. The monoisotopic (exact) mass is 143 g/mol. The largest absolute Gasteiger partial charge is 0.381 e. The number of ether oxygens (including phenoxy) is 1. The van der Waals surface area contributed by atoms with Crippen LogP contribution in [0.5, 0.6) is 0 Å². The van der Waals surface area contributed by atoms with Crippen LogP contribution in [0, 0.1) is 5.92 Å². The third-order valence-corrected chi connectivity index (χ3v) is 1.66. The molecule has 1 aliphatic heterocycles. The molecule has 1 heterocycles. The third kappa shape index (κ3) is 2.35. The molecule has 1 saturated heterocycles. The molecule has 1 rings (SSSR count). The Balaban J connectivity index is 2.07. The molecule has 58 valence electrons. The van der Waals surface area contributed by atoms with E-state index in [0.717, 1.165) is 26.2 Å². The molecule has 0 aromatic carbocycles. The van der Waals surface area contributed by atoms with Crippen LogP contribution in [0.2, 0.25) is 0 Å². The summed E-state index contributed by atoms with van der Waals surface area (Å²) in [6.45, 7) is 3.97. The van der Waals surface area contributed by atoms with Gasteiger partial charge in [0.25, 0.3) is 0 Å². The van der Waals surface area contributed by atoms with Gasteiger partial charge in [0.1, 0.15) is 0 Å². The molecule has 1 aliphatic rings. The van der Waals surface area contributed by atoms with Crippen molar-refractivity contribution in [1.82, 2.24) is 5.32 Å². The Kier molecular flexibility index (Phi) is 2.68. The Labute approximate surface area is 60.7 Å². The van der Waals surface area contributed by atoms with Crippen LogP contribution >= 0.6 is 0 Å². The van der Waals surface area contributed by atoms with Crippen molar-refractivity contribution < 1.29 is 9.53 Å². The second-order valence-electron chi connectivity index (χ2n) is 2.67. The predicted molar refractivity (Wildman–Crippen MR) is 37.6 cm³/mol. The van der Waals surface area contributed by atoms with Crippen molar-refractivity contribution >= 4 is 5.91 Å². The minimum Gasteiger partial charge on any atom is -0.381 e. The van der Waals surface area contributed by atoms with Gasteiger partial charge in [-0.15, -0.1) is 0 Å². The summed E-state index contributed by atoms with van der Waals surface area (Å²) in [5, 5.41) is 2.77. The quantitative estimate of drug-likeness (QED) is 0.598. The molecule has 0 saturated carbocycles. The first kappa shape index (κ1) is 7.54. The highest BCUT2D eigenvalue weighted by molar-refractivity contribution is 5.72. The standard InChI is InChI=1S/C7H13NO2/c1-6(9)8-4-7-2-3-10-5-7/h7H,2-5H2,1H3,(H,8,9)/t7-/m1/s1. The zero-order chi connectivity index (χ0) is 7.40. The Morgan fingerprint density at radius 1 is 1.80 bits per heavy atom. The number of rotatable bonds is 2. The van der Waals surface area contributed by atoms with Gasteiger partial charge in [-0.1, -0.05) is 0 Å². The normalized spacial score (nSPS) is 24.7. The molecule has 1 fully saturated rings. The molecule has 1 atom stereocenters. The molecule has 3 nitrogen and oxygen atoms in total. The lowest BCUT2D eigenvalue weighted by Crippen LogP contribution is -2.26. The number of hydrogen-bond acceptors (Lipinski definition) is 2. The summed E-state index contributed by atoms with van der Waals surface area (Å²) in [4.78, 5) is 10.4. The average Bonchev–Trinajstić information content (AvgIpc) is 2.34. The molecule has 1 amide bonds. The zero-order valence-corrected chi connectivity index (χ0v) is 6.22. The molecule has 0 bridgehead atoms. The lowest BCUT2D eigenvalue weighted by Gasteiger charge is -2.06. The topological polar surface area (TPSA) is 38.3 Å². The summed E-state index contributed by atoms with van der Waals surface area (Å²) in [5.74, 6) is 0.593. The van der Waals surface area contributed by atoms with Crippen molar-refractivity contribution in [3.8, 4) is 0 Å². The Hall–Kier alpha value is -0.570. The molecule has 1 N–H and O–H groups in total. The highest BCUT2D eigenvalue weighted by atomic mass is 16.5. The van der Waals surface area contributed by atoms with E-state index < -0.39 is 0 Å². The smallest absolute Gasteiger partial charge is 0.216 e. The van der Waals surface area contributed by atoms with E-state index in [1.54, 1.807) is 0 Å². The minimum atomic E-state index is 0.0481. The number of carbonyl (C=O) groups excluding carboxylic acids is 1. The van der Waals surface area contributed by atoms with Gasteiger partial charge in [-0.25, -0.2) is 0 Å². The van der Waals surface area contributed by atoms with Crippen LogP contribution in [-0.2, 0) is 9.53 Å². The lowest BCUT2D eigenvalue weighted by atomic mass is 10.1. The highest BCUT2D eigenvalue weighted by Gasteiger charge is 2.14. The minimum absolute atomic E-state index is 0.0481. The van der Waals surface area contributed by atoms with E-state index in [1.165, 1.54) is 6.92 Å². The fourth-order valence-electron chi connectivity index (χ4n) is 1.03. The zero-order valence-electron chi connectivity index (χ0n) is 6.22. The van der Waals surface area contributed by atoms with E-state index in [-0.39, 0.29) is 5.91 Å². The van der Waals surface area contributed by atoms with Crippen LogP contribution in [0.15, 0.2) is 0 Å². The van der Waals surface area contributed by atoms with E-state index in [1.807, 2.05) is 0 Å². The molecule has 3 heteroatoms. The Morgan fingerprint density at radius 2 is 2.60 bits per heavy atom. The second kappa shape index (κ2) is 3.56. The maximum atomic E-state index is 10.4. The van der Waals surface area contributed by atoms with E-state index in [0.29, 0.717) is 5.92 Å². The van der Waals surface area contributed by atoms with Crippen LogP contribution in [0.3, 0.4) is 0 Å². The first-order chi connectivity index (χ1) is 4.79. The molecule has 0 spiro atoms. The van der Waals surface area contributed by atoms with Crippen molar-refractivity contribution in [3.63, 3.8) is 0 Å². The summed E-state index contributed by atoms with van der Waals surface area (Å²) < 4.78 is 5.14. The highest BCUT2D eigenvalue weighted by Crippen LogP contribution is 2.10. The van der Waals surface area contributed by atoms with Crippen LogP contribution in [0.4, 0.5) is 0 Å². The van der Waals surface area contributed by atoms with Crippen LogP contribution in [0.1, 0.15) is 13.3 Å². The maximum absolute atomic E-state index is 10.4. The van der Waals surface area contributed by atoms with Gasteiger partial charge >= 0.3 is 0 Å². The molecule has 0 aromatic rings. The van der Waals surface area contributed by atoms with Crippen LogP contribution in [-0.4, -0.2) is 25.7 Å². The number of hydrogen-bond donors (Lipinski definition) is 1. The summed E-state index contributed by atoms with van der Waals surface area (Å²) in [6.07, 6.45) is 1.08. The van der Waals surface area contributed by atoms with Gasteiger partial charge in [-0.3, -0.25) is 4.79 Å². The van der Waals surface area contributed by atoms with Crippen molar-refractivity contribution in [2.24, 2.45) is 5.92 Å². The molecule has 10 heavy (non-hydrogen) atoms. The summed E-state index contributed by atoms with van der Waals surface area (Å²) >= 11 is 0. The first-order valence-corrected chi connectivity index (χ1v) is 3.61. The van der Waals surface area contributed by atoms with Gasteiger partial charge in [0, 0.05) is 26.0 Å². The third-order valence-electron chi connectivity index (χ3n) is 1.66.